The first kappa shape index (κ1) is 16.1. The third-order valence-electron chi connectivity index (χ3n) is 5.93. The van der Waals surface area contributed by atoms with Gasteiger partial charge in [-0.3, -0.25) is 0 Å². The van der Waals surface area contributed by atoms with Gasteiger partial charge < -0.3 is 15.2 Å². The number of nitrogens with one attached hydrogen (secondary N) is 1. The predicted octanol–water partition coefficient (Wildman–Crippen LogP) is 3.48. The Hall–Kier alpha value is -0.770. The second-order valence-electron chi connectivity index (χ2n) is 8.99. The molecule has 0 aliphatic heterocycles. The van der Waals surface area contributed by atoms with E-state index in [1.807, 2.05) is 20.8 Å². The highest BCUT2D eigenvalue weighted by molar-refractivity contribution is 5.68. The van der Waals surface area contributed by atoms with Gasteiger partial charge in [-0.1, -0.05) is 0 Å². The molecule has 1 atom stereocenters. The van der Waals surface area contributed by atoms with Crippen LogP contribution in [0.1, 0.15) is 65.7 Å². The van der Waals surface area contributed by atoms with Crippen molar-refractivity contribution in [2.75, 3.05) is 6.61 Å². The number of aliphatic hydroxyl groups is 1. The topological polar surface area (TPSA) is 58.6 Å². The van der Waals surface area contributed by atoms with Gasteiger partial charge in [-0.25, -0.2) is 4.79 Å². The van der Waals surface area contributed by atoms with Crippen molar-refractivity contribution in [2.45, 2.75) is 77.4 Å². The average Bonchev–Trinajstić information content (AvgIpc) is 2.34. The Morgan fingerprint density at radius 1 is 1.18 bits per heavy atom. The van der Waals surface area contributed by atoms with Gasteiger partial charge >= 0.3 is 6.09 Å². The van der Waals surface area contributed by atoms with Gasteiger partial charge in [-0.15, -0.1) is 0 Å². The minimum Gasteiger partial charge on any atom is -0.444 e. The van der Waals surface area contributed by atoms with Gasteiger partial charge in [0.05, 0.1) is 0 Å². The van der Waals surface area contributed by atoms with Crippen LogP contribution in [0.15, 0.2) is 0 Å². The summed E-state index contributed by atoms with van der Waals surface area (Å²) in [6.45, 7) is 5.79. The van der Waals surface area contributed by atoms with E-state index in [-0.39, 0.29) is 24.2 Å². The standard InChI is InChI=1S/C18H31NO3/c1-17(2,3)22-16(21)19-15(4-5-20)18-9-12-6-13(10-18)8-14(7-12)11-18/h12-15,20H,4-11H2,1-3H3,(H,19,21). The first-order valence-electron chi connectivity index (χ1n) is 8.90. The maximum absolute atomic E-state index is 12.2. The lowest BCUT2D eigenvalue weighted by Crippen LogP contribution is -2.57. The smallest absolute Gasteiger partial charge is 0.407 e. The van der Waals surface area contributed by atoms with Crippen molar-refractivity contribution < 1.29 is 14.6 Å². The molecule has 4 nitrogen and oxygen atoms in total. The second kappa shape index (κ2) is 5.70. The molecule has 0 radical (unpaired) electrons. The van der Waals surface area contributed by atoms with E-state index in [0.29, 0.717) is 6.42 Å². The van der Waals surface area contributed by atoms with Crippen LogP contribution in [0.4, 0.5) is 4.79 Å². The number of ether oxygens (including phenoxy) is 1. The van der Waals surface area contributed by atoms with Gasteiger partial charge in [0.25, 0.3) is 0 Å². The van der Waals surface area contributed by atoms with E-state index < -0.39 is 5.60 Å². The van der Waals surface area contributed by atoms with Gasteiger partial charge in [-0.2, -0.15) is 0 Å². The summed E-state index contributed by atoms with van der Waals surface area (Å²) in [6.07, 6.45) is 8.14. The van der Waals surface area contributed by atoms with Crippen molar-refractivity contribution in [3.63, 3.8) is 0 Å². The van der Waals surface area contributed by atoms with Crippen molar-refractivity contribution in [2.24, 2.45) is 23.2 Å². The number of amides is 1. The molecule has 1 unspecified atom stereocenters. The van der Waals surface area contributed by atoms with Crippen LogP contribution in [0.3, 0.4) is 0 Å². The largest absolute Gasteiger partial charge is 0.444 e. The molecule has 0 aromatic carbocycles. The minimum atomic E-state index is -0.477. The number of alkyl carbamates (subject to hydrolysis) is 1. The number of hydrogen-bond acceptors (Lipinski definition) is 3. The third kappa shape index (κ3) is 3.27. The molecule has 4 aliphatic rings. The molecule has 4 aliphatic carbocycles. The van der Waals surface area contributed by atoms with E-state index in [9.17, 15) is 9.90 Å². The van der Waals surface area contributed by atoms with Gasteiger partial charge in [0.1, 0.15) is 5.60 Å². The molecule has 126 valence electrons. The first-order valence-corrected chi connectivity index (χ1v) is 8.90. The lowest BCUT2D eigenvalue weighted by Gasteiger charge is -2.59. The highest BCUT2D eigenvalue weighted by Crippen LogP contribution is 2.61. The fourth-order valence-corrected chi connectivity index (χ4v) is 5.71. The zero-order chi connectivity index (χ0) is 16.0. The molecule has 0 spiro atoms. The van der Waals surface area contributed by atoms with Crippen LogP contribution in [-0.2, 0) is 4.74 Å². The zero-order valence-corrected chi connectivity index (χ0v) is 14.2. The van der Waals surface area contributed by atoms with E-state index in [4.69, 9.17) is 4.74 Å². The summed E-state index contributed by atoms with van der Waals surface area (Å²) < 4.78 is 5.45. The van der Waals surface area contributed by atoms with Crippen molar-refractivity contribution in [1.29, 1.82) is 0 Å². The zero-order valence-electron chi connectivity index (χ0n) is 14.2. The van der Waals surface area contributed by atoms with Crippen LogP contribution in [0.25, 0.3) is 0 Å². The summed E-state index contributed by atoms with van der Waals surface area (Å²) in [7, 11) is 0. The SMILES string of the molecule is CC(C)(C)OC(=O)NC(CCO)C12CC3CC(CC(C3)C1)C2. The van der Waals surface area contributed by atoms with Crippen LogP contribution in [0.5, 0.6) is 0 Å². The molecule has 22 heavy (non-hydrogen) atoms. The molecular weight excluding hydrogens is 278 g/mol. The molecule has 1 amide bonds. The van der Waals surface area contributed by atoms with Gasteiger partial charge in [0.15, 0.2) is 0 Å². The first-order chi connectivity index (χ1) is 10.3. The van der Waals surface area contributed by atoms with Crippen molar-refractivity contribution in [1.82, 2.24) is 5.32 Å². The molecule has 4 fully saturated rings. The van der Waals surface area contributed by atoms with Gasteiger partial charge in [0.2, 0.25) is 0 Å². The molecule has 0 saturated heterocycles. The Morgan fingerprint density at radius 3 is 2.09 bits per heavy atom. The van der Waals surface area contributed by atoms with Crippen molar-refractivity contribution >= 4 is 6.09 Å². The van der Waals surface area contributed by atoms with Crippen LogP contribution in [0, 0.1) is 23.2 Å². The molecule has 0 aromatic heterocycles. The quantitative estimate of drug-likeness (QED) is 0.836. The summed E-state index contributed by atoms with van der Waals surface area (Å²) in [5.74, 6) is 2.52. The van der Waals surface area contributed by atoms with Crippen molar-refractivity contribution in [3.05, 3.63) is 0 Å². The lowest BCUT2D eigenvalue weighted by molar-refractivity contribution is -0.0777. The van der Waals surface area contributed by atoms with Crippen LogP contribution >= 0.6 is 0 Å². The molecule has 2 N–H and O–H groups in total. The molecule has 4 saturated carbocycles. The van der Waals surface area contributed by atoms with Crippen LogP contribution in [-0.4, -0.2) is 29.4 Å². The molecular formula is C18H31NO3. The van der Waals surface area contributed by atoms with Gasteiger partial charge in [0, 0.05) is 12.6 Å². The summed E-state index contributed by atoms with van der Waals surface area (Å²) >= 11 is 0. The van der Waals surface area contributed by atoms with E-state index in [1.54, 1.807) is 0 Å². The Labute approximate surface area is 134 Å². The molecule has 0 aromatic rings. The Morgan fingerprint density at radius 2 is 1.68 bits per heavy atom. The number of rotatable bonds is 4. The van der Waals surface area contributed by atoms with Gasteiger partial charge in [-0.05, 0) is 88.9 Å². The Balaban J connectivity index is 1.72. The van der Waals surface area contributed by atoms with Crippen LogP contribution < -0.4 is 5.32 Å². The number of carbonyl (C=O) groups excluding carboxylic acids is 1. The average molecular weight is 309 g/mol. The number of aliphatic hydroxyl groups excluding tert-OH is 1. The van der Waals surface area contributed by atoms with Crippen LogP contribution in [0.2, 0.25) is 0 Å². The van der Waals surface area contributed by atoms with E-state index in [1.165, 1.54) is 38.5 Å². The third-order valence-corrected chi connectivity index (χ3v) is 5.93. The minimum absolute atomic E-state index is 0.0562. The van der Waals surface area contributed by atoms with E-state index >= 15 is 0 Å². The summed E-state index contributed by atoms with van der Waals surface area (Å²) in [6, 6.07) is 0.0562. The lowest BCUT2D eigenvalue weighted by atomic mass is 9.47. The molecule has 0 heterocycles. The maximum atomic E-state index is 12.2. The molecule has 4 heteroatoms. The summed E-state index contributed by atoms with van der Waals surface area (Å²) in [5.41, 5.74) is -0.274. The second-order valence-corrected chi connectivity index (χ2v) is 8.99. The van der Waals surface area contributed by atoms with E-state index in [0.717, 1.165) is 17.8 Å². The van der Waals surface area contributed by atoms with Crippen molar-refractivity contribution in [3.8, 4) is 0 Å². The maximum Gasteiger partial charge on any atom is 0.407 e. The fourth-order valence-electron chi connectivity index (χ4n) is 5.71. The Kier molecular flexibility index (Phi) is 4.17. The highest BCUT2D eigenvalue weighted by Gasteiger charge is 2.54. The predicted molar refractivity (Wildman–Crippen MR) is 85.5 cm³/mol. The highest BCUT2D eigenvalue weighted by atomic mass is 16.6. The summed E-state index contributed by atoms with van der Waals surface area (Å²) in [4.78, 5) is 12.2. The molecule has 4 rings (SSSR count). The monoisotopic (exact) mass is 309 g/mol. The van der Waals surface area contributed by atoms with E-state index in [2.05, 4.69) is 5.32 Å². The Bertz CT molecular complexity index is 391. The number of carbonyl (C=O) groups is 1. The normalized spacial score (nSPS) is 37.9. The summed E-state index contributed by atoms with van der Waals surface area (Å²) in [5, 5.41) is 12.6. The fraction of sp³-hybridized carbons (Fsp3) is 0.944. The molecule has 4 bridgehead atoms. The number of hydrogen-bond donors (Lipinski definition) is 2.